The number of ether oxygens (including phenoxy) is 1. The minimum atomic E-state index is -0.320. The molecule has 21 heavy (non-hydrogen) atoms. The Hall–Kier alpha value is -2.27. The van der Waals surface area contributed by atoms with Crippen molar-refractivity contribution in [2.24, 2.45) is 0 Å². The van der Waals surface area contributed by atoms with Gasteiger partial charge in [-0.05, 0) is 30.3 Å². The lowest BCUT2D eigenvalue weighted by Gasteiger charge is -2.13. The molecule has 0 saturated carbocycles. The van der Waals surface area contributed by atoms with E-state index in [1.165, 1.54) is 7.11 Å². The summed E-state index contributed by atoms with van der Waals surface area (Å²) in [5.74, 6) is 0.927. The summed E-state index contributed by atoms with van der Waals surface area (Å²) in [7, 11) is 5.26. The quantitative estimate of drug-likeness (QED) is 0.943. The number of methoxy groups -OCH3 is 1. The van der Waals surface area contributed by atoms with Crippen molar-refractivity contribution < 1.29 is 9.53 Å². The lowest BCUT2D eigenvalue weighted by Crippen LogP contribution is -2.17. The maximum atomic E-state index is 12.3. The van der Waals surface area contributed by atoms with Crippen LogP contribution in [0.3, 0.4) is 0 Å². The first kappa shape index (κ1) is 15.1. The highest BCUT2D eigenvalue weighted by Gasteiger charge is 2.12. The topological polar surface area (TPSA) is 54.5 Å². The number of nitrogens with zero attached hydrogens (tertiary/aromatic N) is 2. The third kappa shape index (κ3) is 3.64. The molecule has 0 aliphatic heterocycles. The molecule has 2 aromatic rings. The molecule has 0 aliphatic rings. The lowest BCUT2D eigenvalue weighted by molar-refractivity contribution is 0.102. The minimum Gasteiger partial charge on any atom is -0.495 e. The Morgan fingerprint density at radius 3 is 2.71 bits per heavy atom. The van der Waals surface area contributed by atoms with E-state index >= 15 is 0 Å². The Balaban J connectivity index is 2.26. The van der Waals surface area contributed by atoms with Gasteiger partial charge in [0.1, 0.15) is 17.3 Å². The van der Waals surface area contributed by atoms with Crippen LogP contribution in [-0.2, 0) is 0 Å². The van der Waals surface area contributed by atoms with E-state index in [0.717, 1.165) is 0 Å². The molecule has 5 nitrogen and oxygen atoms in total. The molecule has 0 unspecified atom stereocenters. The molecule has 1 heterocycles. The van der Waals surface area contributed by atoms with E-state index in [2.05, 4.69) is 10.3 Å². The lowest BCUT2D eigenvalue weighted by atomic mass is 10.2. The summed E-state index contributed by atoms with van der Waals surface area (Å²) < 4.78 is 5.20. The third-order valence-electron chi connectivity index (χ3n) is 2.83. The summed E-state index contributed by atoms with van der Waals surface area (Å²) in [6.07, 6.45) is 0. The monoisotopic (exact) mass is 305 g/mol. The molecule has 1 aromatic heterocycles. The second-order valence-electron chi connectivity index (χ2n) is 4.57. The number of hydrogen-bond acceptors (Lipinski definition) is 4. The normalized spacial score (nSPS) is 10.1. The van der Waals surface area contributed by atoms with E-state index in [1.54, 1.807) is 30.3 Å². The van der Waals surface area contributed by atoms with Crippen LogP contribution in [0, 0.1) is 0 Å². The van der Waals surface area contributed by atoms with Crippen molar-refractivity contribution in [1.82, 2.24) is 4.98 Å². The first-order chi connectivity index (χ1) is 10.0. The highest BCUT2D eigenvalue weighted by molar-refractivity contribution is 6.31. The molecule has 0 atom stereocenters. The highest BCUT2D eigenvalue weighted by Crippen LogP contribution is 2.28. The Labute approximate surface area is 128 Å². The molecule has 1 aromatic carbocycles. The summed E-state index contributed by atoms with van der Waals surface area (Å²) in [4.78, 5) is 18.4. The number of anilines is 2. The number of nitrogens with one attached hydrogen (secondary N) is 1. The van der Waals surface area contributed by atoms with Gasteiger partial charge in [-0.25, -0.2) is 4.98 Å². The Morgan fingerprint density at radius 1 is 1.29 bits per heavy atom. The summed E-state index contributed by atoms with van der Waals surface area (Å²) in [6.45, 7) is 0. The van der Waals surface area contributed by atoms with E-state index in [4.69, 9.17) is 16.3 Å². The van der Waals surface area contributed by atoms with Gasteiger partial charge in [0.15, 0.2) is 0 Å². The molecule has 2 rings (SSSR count). The summed E-state index contributed by atoms with van der Waals surface area (Å²) in [6, 6.07) is 10.3. The number of carbonyl (C=O) groups excluding carboxylic acids is 1. The van der Waals surface area contributed by atoms with Crippen molar-refractivity contribution in [2.45, 2.75) is 0 Å². The summed E-state index contributed by atoms with van der Waals surface area (Å²) in [5.41, 5.74) is 0.829. The minimum absolute atomic E-state index is 0.320. The van der Waals surface area contributed by atoms with E-state index in [0.29, 0.717) is 28.0 Å². The Bertz CT molecular complexity index is 659. The molecular weight excluding hydrogens is 290 g/mol. The molecule has 0 radical (unpaired) electrons. The van der Waals surface area contributed by atoms with Crippen molar-refractivity contribution >= 4 is 29.0 Å². The zero-order valence-corrected chi connectivity index (χ0v) is 12.8. The molecule has 110 valence electrons. The maximum Gasteiger partial charge on any atom is 0.274 e. The first-order valence-corrected chi connectivity index (χ1v) is 6.68. The van der Waals surface area contributed by atoms with E-state index in [-0.39, 0.29) is 5.91 Å². The van der Waals surface area contributed by atoms with Crippen LogP contribution in [0.5, 0.6) is 5.75 Å². The van der Waals surface area contributed by atoms with Crippen LogP contribution >= 0.6 is 11.6 Å². The first-order valence-electron chi connectivity index (χ1n) is 6.30. The standard InChI is InChI=1S/C15H16ClN3O2/c1-19(2)14-6-4-5-11(17-14)15(20)18-12-9-10(16)7-8-13(12)21-3/h4-9H,1-3H3,(H,18,20). The SMILES string of the molecule is COc1ccc(Cl)cc1NC(=O)c1cccc(N(C)C)n1. The van der Waals surface area contributed by atoms with Gasteiger partial charge in [-0.1, -0.05) is 17.7 Å². The number of carbonyl (C=O) groups is 1. The highest BCUT2D eigenvalue weighted by atomic mass is 35.5. The van der Waals surface area contributed by atoms with Crippen LogP contribution in [0.2, 0.25) is 5.02 Å². The fourth-order valence-corrected chi connectivity index (χ4v) is 1.94. The zero-order valence-electron chi connectivity index (χ0n) is 12.1. The van der Waals surface area contributed by atoms with Crippen molar-refractivity contribution in [3.8, 4) is 5.75 Å². The van der Waals surface area contributed by atoms with Gasteiger partial charge in [-0.2, -0.15) is 0 Å². The molecule has 0 spiro atoms. The molecular formula is C15H16ClN3O2. The second kappa shape index (κ2) is 6.45. The van der Waals surface area contributed by atoms with Gasteiger partial charge in [-0.3, -0.25) is 4.79 Å². The van der Waals surface area contributed by atoms with E-state index < -0.39 is 0 Å². The smallest absolute Gasteiger partial charge is 0.274 e. The molecule has 0 saturated heterocycles. The van der Waals surface area contributed by atoms with Crippen molar-refractivity contribution in [2.75, 3.05) is 31.4 Å². The molecule has 1 N–H and O–H groups in total. The van der Waals surface area contributed by atoms with Gasteiger partial charge in [0.2, 0.25) is 0 Å². The predicted octanol–water partition coefficient (Wildman–Crippen LogP) is 3.06. The summed E-state index contributed by atoms with van der Waals surface area (Å²) >= 11 is 5.94. The predicted molar refractivity (Wildman–Crippen MR) is 84.5 cm³/mol. The zero-order chi connectivity index (χ0) is 15.4. The van der Waals surface area contributed by atoms with Crippen molar-refractivity contribution in [3.05, 3.63) is 47.1 Å². The van der Waals surface area contributed by atoms with Gasteiger partial charge >= 0.3 is 0 Å². The van der Waals surface area contributed by atoms with Crippen LogP contribution in [0.25, 0.3) is 0 Å². The fourth-order valence-electron chi connectivity index (χ4n) is 1.76. The van der Waals surface area contributed by atoms with Crippen LogP contribution in [-0.4, -0.2) is 32.1 Å². The van der Waals surface area contributed by atoms with Crippen LogP contribution in [0.1, 0.15) is 10.5 Å². The van der Waals surface area contributed by atoms with Crippen LogP contribution < -0.4 is 15.0 Å². The van der Waals surface area contributed by atoms with E-state index in [1.807, 2.05) is 25.1 Å². The van der Waals surface area contributed by atoms with Crippen LogP contribution in [0.15, 0.2) is 36.4 Å². The second-order valence-corrected chi connectivity index (χ2v) is 5.01. The molecule has 6 heteroatoms. The van der Waals surface area contributed by atoms with Gasteiger partial charge < -0.3 is 15.0 Å². The van der Waals surface area contributed by atoms with E-state index in [9.17, 15) is 4.79 Å². The average Bonchev–Trinajstić information content (AvgIpc) is 2.47. The van der Waals surface area contributed by atoms with Gasteiger partial charge in [-0.15, -0.1) is 0 Å². The molecule has 0 bridgehead atoms. The van der Waals surface area contributed by atoms with Gasteiger partial charge in [0, 0.05) is 19.1 Å². The largest absolute Gasteiger partial charge is 0.495 e. The molecule has 0 fully saturated rings. The van der Waals surface area contributed by atoms with Crippen LogP contribution in [0.4, 0.5) is 11.5 Å². The number of aromatic nitrogens is 1. The average molecular weight is 306 g/mol. The van der Waals surface area contributed by atoms with Crippen molar-refractivity contribution in [3.63, 3.8) is 0 Å². The number of rotatable bonds is 4. The van der Waals surface area contributed by atoms with Gasteiger partial charge in [0.25, 0.3) is 5.91 Å². The maximum absolute atomic E-state index is 12.3. The number of amides is 1. The fraction of sp³-hybridized carbons (Fsp3) is 0.200. The number of benzene rings is 1. The Morgan fingerprint density at radius 2 is 2.05 bits per heavy atom. The molecule has 0 aliphatic carbocycles. The van der Waals surface area contributed by atoms with Crippen molar-refractivity contribution in [1.29, 1.82) is 0 Å². The number of hydrogen-bond donors (Lipinski definition) is 1. The molecule has 1 amide bonds. The summed E-state index contributed by atoms with van der Waals surface area (Å²) in [5, 5.41) is 3.27. The van der Waals surface area contributed by atoms with Gasteiger partial charge in [0.05, 0.1) is 12.8 Å². The third-order valence-corrected chi connectivity index (χ3v) is 3.07. The Kier molecular flexibility index (Phi) is 4.65. The number of halogens is 1. The number of pyridine rings is 1.